The van der Waals surface area contributed by atoms with Gasteiger partial charge in [0.25, 0.3) is 0 Å². The Bertz CT molecular complexity index is 870. The lowest BCUT2D eigenvalue weighted by molar-refractivity contribution is 0.246. The van der Waals surface area contributed by atoms with Gasteiger partial charge in [0, 0.05) is 24.2 Å². The van der Waals surface area contributed by atoms with E-state index >= 15 is 0 Å². The Morgan fingerprint density at radius 1 is 1.10 bits per heavy atom. The fourth-order valence-corrected chi connectivity index (χ4v) is 4.44. The quantitative estimate of drug-likeness (QED) is 0.597. The predicted octanol–water partition coefficient (Wildman–Crippen LogP) is 2.99. The summed E-state index contributed by atoms with van der Waals surface area (Å²) in [7, 11) is 0. The van der Waals surface area contributed by atoms with Gasteiger partial charge < -0.3 is 10.6 Å². The second-order valence-electron chi connectivity index (χ2n) is 7.51. The number of hydrogen-bond donors (Lipinski definition) is 2. The number of allylic oxidation sites excluding steroid dienone is 2. The molecule has 2 fully saturated rings. The number of aliphatic imine (C=N–C) groups is 1. The molecule has 2 aliphatic heterocycles. The predicted molar refractivity (Wildman–Crippen MR) is 121 cm³/mol. The molecule has 7 nitrogen and oxygen atoms in total. The van der Waals surface area contributed by atoms with Gasteiger partial charge in [-0.05, 0) is 50.8 Å². The molecule has 0 radical (unpaired) electrons. The number of pyridine rings is 1. The van der Waals surface area contributed by atoms with Crippen LogP contribution in [0.25, 0.3) is 0 Å². The third-order valence-corrected chi connectivity index (χ3v) is 5.81. The van der Waals surface area contributed by atoms with E-state index in [2.05, 4.69) is 43.7 Å². The standard InChI is InChI=1S/C21H26N6O.C2H2/c1-2-3-11-22-13-19-14-7-9-16-17(25-21(28)24-16)10-8-15(14)20(27-26-19)18-6-4-5-12-23-18;1-2/h2-6,11-12,14-17H,7-10,13H2,1H3,(H2,24,25,28);1-2H/b3-2-,22-11?;. The zero-order chi connectivity index (χ0) is 21.3. The first-order valence-electron chi connectivity index (χ1n) is 10.3. The molecule has 156 valence electrons. The third-order valence-electron chi connectivity index (χ3n) is 5.81. The van der Waals surface area contributed by atoms with Gasteiger partial charge in [-0.25, -0.2) is 4.79 Å². The first kappa shape index (κ1) is 21.4. The van der Waals surface area contributed by atoms with Gasteiger partial charge in [-0.15, -0.1) is 12.8 Å². The van der Waals surface area contributed by atoms with Crippen molar-refractivity contribution in [3.05, 3.63) is 42.2 Å². The maximum Gasteiger partial charge on any atom is 0.315 e. The molecule has 0 aromatic carbocycles. The minimum absolute atomic E-state index is 0.0525. The average Bonchev–Trinajstić information content (AvgIpc) is 3.13. The number of nitrogens with zero attached hydrogens (tertiary/aromatic N) is 4. The molecular formula is C23H28N6O. The Kier molecular flexibility index (Phi) is 7.50. The van der Waals surface area contributed by atoms with Crippen molar-refractivity contribution in [1.29, 1.82) is 0 Å². The van der Waals surface area contributed by atoms with Crippen molar-refractivity contribution < 1.29 is 4.79 Å². The lowest BCUT2D eigenvalue weighted by Crippen LogP contribution is -2.42. The van der Waals surface area contributed by atoms with E-state index in [-0.39, 0.29) is 30.0 Å². The largest absolute Gasteiger partial charge is 0.333 e. The lowest BCUT2D eigenvalue weighted by atomic mass is 9.73. The van der Waals surface area contributed by atoms with E-state index in [0.717, 1.165) is 42.8 Å². The van der Waals surface area contributed by atoms with Crippen molar-refractivity contribution in [3.63, 3.8) is 0 Å². The van der Waals surface area contributed by atoms with Gasteiger partial charge in [0.05, 0.1) is 35.7 Å². The summed E-state index contributed by atoms with van der Waals surface area (Å²) in [5.41, 5.74) is 2.88. The molecule has 30 heavy (non-hydrogen) atoms. The zero-order valence-electron chi connectivity index (χ0n) is 17.2. The van der Waals surface area contributed by atoms with Crippen LogP contribution >= 0.6 is 0 Å². The Labute approximate surface area is 177 Å². The normalized spacial score (nSPS) is 28.0. The molecule has 0 bridgehead atoms. The summed E-state index contributed by atoms with van der Waals surface area (Å²) in [6.07, 6.45) is 19.2. The summed E-state index contributed by atoms with van der Waals surface area (Å²) in [5.74, 6) is 0.522. The highest BCUT2D eigenvalue weighted by atomic mass is 16.2. The summed E-state index contributed by atoms with van der Waals surface area (Å²) in [6.45, 7) is 2.53. The number of aromatic nitrogens is 1. The van der Waals surface area contributed by atoms with Gasteiger partial charge in [0.15, 0.2) is 0 Å². The molecule has 7 heteroatoms. The molecule has 4 unspecified atom stereocenters. The van der Waals surface area contributed by atoms with Gasteiger partial charge in [0.2, 0.25) is 0 Å². The minimum Gasteiger partial charge on any atom is -0.333 e. The van der Waals surface area contributed by atoms with E-state index < -0.39 is 0 Å². The summed E-state index contributed by atoms with van der Waals surface area (Å²) < 4.78 is 0. The second kappa shape index (κ2) is 10.5. The Morgan fingerprint density at radius 2 is 1.83 bits per heavy atom. The Hall–Kier alpha value is -3.27. The summed E-state index contributed by atoms with van der Waals surface area (Å²) >= 11 is 0. The molecule has 2 N–H and O–H groups in total. The van der Waals surface area contributed by atoms with Gasteiger partial charge >= 0.3 is 6.03 Å². The van der Waals surface area contributed by atoms with Crippen LogP contribution in [0, 0.1) is 24.7 Å². The number of amides is 2. The number of hydrogen-bond acceptors (Lipinski definition) is 5. The van der Waals surface area contributed by atoms with Crippen molar-refractivity contribution in [1.82, 2.24) is 15.6 Å². The fourth-order valence-electron chi connectivity index (χ4n) is 4.44. The third kappa shape index (κ3) is 4.82. The van der Waals surface area contributed by atoms with Gasteiger partial charge in [0.1, 0.15) is 0 Å². The fraction of sp³-hybridized carbons (Fsp3) is 0.435. The van der Waals surface area contributed by atoms with Crippen LogP contribution in [0.15, 0.2) is 51.7 Å². The van der Waals surface area contributed by atoms with Crippen LogP contribution in [0.1, 0.15) is 38.3 Å². The summed E-state index contributed by atoms with van der Waals surface area (Å²) in [5, 5.41) is 15.3. The number of terminal acetylenes is 1. The molecule has 4 rings (SSSR count). The molecule has 1 saturated carbocycles. The van der Waals surface area contributed by atoms with Crippen LogP contribution in [-0.4, -0.2) is 47.3 Å². The van der Waals surface area contributed by atoms with Crippen LogP contribution in [0.5, 0.6) is 0 Å². The topological polar surface area (TPSA) is 91.1 Å². The highest BCUT2D eigenvalue weighted by Crippen LogP contribution is 2.35. The SMILES string of the molecule is C#C.C/C=C\C=NCC1=NN=C(c2ccccn2)C2CCC3NC(=O)NC3CCC12. The molecule has 3 aliphatic rings. The summed E-state index contributed by atoms with van der Waals surface area (Å²) in [6, 6.07) is 6.23. The van der Waals surface area contributed by atoms with E-state index in [1.807, 2.05) is 43.5 Å². The highest BCUT2D eigenvalue weighted by molar-refractivity contribution is 6.06. The van der Waals surface area contributed by atoms with Crippen LogP contribution < -0.4 is 10.6 Å². The van der Waals surface area contributed by atoms with Crippen LogP contribution in [-0.2, 0) is 0 Å². The number of fused-ring (bicyclic) bond motifs is 2. The van der Waals surface area contributed by atoms with E-state index in [1.165, 1.54) is 0 Å². The highest BCUT2D eigenvalue weighted by Gasteiger charge is 2.40. The number of carbonyl (C=O) groups is 1. The number of nitrogens with one attached hydrogen (secondary N) is 2. The number of urea groups is 1. The van der Waals surface area contributed by atoms with E-state index in [0.29, 0.717) is 6.54 Å². The number of rotatable bonds is 4. The van der Waals surface area contributed by atoms with Crippen molar-refractivity contribution in [2.45, 2.75) is 44.7 Å². The van der Waals surface area contributed by atoms with Crippen LogP contribution in [0.4, 0.5) is 4.79 Å². The van der Waals surface area contributed by atoms with Crippen molar-refractivity contribution in [3.8, 4) is 12.8 Å². The van der Waals surface area contributed by atoms with Crippen LogP contribution in [0.3, 0.4) is 0 Å². The lowest BCUT2D eigenvalue weighted by Gasteiger charge is -2.35. The summed E-state index contributed by atoms with van der Waals surface area (Å²) in [4.78, 5) is 20.8. The Balaban J connectivity index is 0.00000124. The van der Waals surface area contributed by atoms with Gasteiger partial charge in [-0.3, -0.25) is 9.98 Å². The van der Waals surface area contributed by atoms with Crippen molar-refractivity contribution in [2.24, 2.45) is 27.0 Å². The van der Waals surface area contributed by atoms with E-state index in [1.54, 1.807) is 6.20 Å². The second-order valence-corrected chi connectivity index (χ2v) is 7.51. The zero-order valence-corrected chi connectivity index (χ0v) is 17.2. The maximum atomic E-state index is 11.8. The minimum atomic E-state index is -0.0525. The van der Waals surface area contributed by atoms with Gasteiger partial charge in [-0.2, -0.15) is 10.2 Å². The molecule has 4 atom stereocenters. The van der Waals surface area contributed by atoms with Gasteiger partial charge in [-0.1, -0.05) is 12.1 Å². The van der Waals surface area contributed by atoms with E-state index in [9.17, 15) is 4.79 Å². The Morgan fingerprint density at radius 3 is 2.50 bits per heavy atom. The average molecular weight is 405 g/mol. The smallest absolute Gasteiger partial charge is 0.315 e. The number of carbonyl (C=O) groups excluding carboxylic acids is 1. The molecule has 3 heterocycles. The molecular weight excluding hydrogens is 376 g/mol. The first-order chi connectivity index (χ1) is 14.8. The van der Waals surface area contributed by atoms with Crippen molar-refractivity contribution >= 4 is 23.7 Å². The first-order valence-corrected chi connectivity index (χ1v) is 10.3. The van der Waals surface area contributed by atoms with E-state index in [4.69, 9.17) is 0 Å². The molecule has 1 aromatic heterocycles. The van der Waals surface area contributed by atoms with Crippen LogP contribution in [0.2, 0.25) is 0 Å². The molecule has 1 saturated heterocycles. The van der Waals surface area contributed by atoms with Crippen molar-refractivity contribution in [2.75, 3.05) is 6.54 Å². The molecule has 1 aromatic rings. The molecule has 2 amide bonds. The maximum absolute atomic E-state index is 11.8. The monoisotopic (exact) mass is 404 g/mol. The molecule has 1 aliphatic carbocycles. The molecule has 0 spiro atoms.